The number of carbonyl (C=O) groups excluding carboxylic acids is 1. The van der Waals surface area contributed by atoms with Gasteiger partial charge in [0.2, 0.25) is 0 Å². The summed E-state index contributed by atoms with van der Waals surface area (Å²) in [6, 6.07) is 5.63. The Morgan fingerprint density at radius 1 is 1.45 bits per heavy atom. The fourth-order valence-corrected chi connectivity index (χ4v) is 2.53. The van der Waals surface area contributed by atoms with Gasteiger partial charge in [0.15, 0.2) is 0 Å². The number of nitrogens with zero attached hydrogens (tertiary/aromatic N) is 2. The molecule has 1 aromatic heterocycles. The first kappa shape index (κ1) is 15.1. The van der Waals surface area contributed by atoms with E-state index in [4.69, 9.17) is 16.3 Å². The zero-order chi connectivity index (χ0) is 14.8. The van der Waals surface area contributed by atoms with Crippen molar-refractivity contribution in [1.82, 2.24) is 9.88 Å². The van der Waals surface area contributed by atoms with Crippen LogP contribution in [0.4, 0.5) is 4.79 Å². The van der Waals surface area contributed by atoms with E-state index in [0.717, 1.165) is 25.1 Å². The first-order valence-corrected chi connectivity index (χ1v) is 7.33. The van der Waals surface area contributed by atoms with E-state index in [-0.39, 0.29) is 12.0 Å². The number of ether oxygens (including phenoxy) is 1. The van der Waals surface area contributed by atoms with Gasteiger partial charge >= 0.3 is 6.09 Å². The highest BCUT2D eigenvalue weighted by molar-refractivity contribution is 6.29. The first-order valence-electron chi connectivity index (χ1n) is 6.95. The lowest BCUT2D eigenvalue weighted by Gasteiger charge is -2.33. The zero-order valence-corrected chi connectivity index (χ0v) is 13.0. The molecule has 0 radical (unpaired) electrons. The molecule has 0 aliphatic carbocycles. The Bertz CT molecular complexity index is 485. The number of carbonyl (C=O) groups is 1. The fraction of sp³-hybridized carbons (Fsp3) is 0.600. The van der Waals surface area contributed by atoms with E-state index in [1.807, 2.05) is 32.9 Å². The summed E-state index contributed by atoms with van der Waals surface area (Å²) in [5.41, 5.74) is 0.490. The molecule has 20 heavy (non-hydrogen) atoms. The van der Waals surface area contributed by atoms with Gasteiger partial charge in [-0.05, 0) is 45.7 Å². The van der Waals surface area contributed by atoms with Gasteiger partial charge in [0.1, 0.15) is 10.8 Å². The summed E-state index contributed by atoms with van der Waals surface area (Å²) in [6.45, 7) is 7.02. The van der Waals surface area contributed by atoms with Crippen LogP contribution in [0.25, 0.3) is 0 Å². The van der Waals surface area contributed by atoms with E-state index in [1.165, 1.54) is 0 Å². The number of rotatable bonds is 1. The van der Waals surface area contributed by atoms with Crippen LogP contribution in [0.5, 0.6) is 0 Å². The highest BCUT2D eigenvalue weighted by Gasteiger charge is 2.28. The van der Waals surface area contributed by atoms with E-state index < -0.39 is 5.60 Å². The quantitative estimate of drug-likeness (QED) is 0.739. The molecule has 1 aromatic rings. The largest absolute Gasteiger partial charge is 0.444 e. The van der Waals surface area contributed by atoms with Crippen molar-refractivity contribution in [3.63, 3.8) is 0 Å². The highest BCUT2D eigenvalue weighted by atomic mass is 35.5. The average molecular weight is 297 g/mol. The van der Waals surface area contributed by atoms with E-state index in [0.29, 0.717) is 11.7 Å². The third kappa shape index (κ3) is 4.10. The molecule has 0 aromatic carbocycles. The molecule has 0 saturated carbocycles. The van der Waals surface area contributed by atoms with Crippen LogP contribution in [-0.4, -0.2) is 34.7 Å². The molecule has 5 heteroatoms. The van der Waals surface area contributed by atoms with Gasteiger partial charge in [0, 0.05) is 24.7 Å². The topological polar surface area (TPSA) is 42.4 Å². The third-order valence-electron chi connectivity index (χ3n) is 3.23. The smallest absolute Gasteiger partial charge is 0.410 e. The monoisotopic (exact) mass is 296 g/mol. The van der Waals surface area contributed by atoms with Gasteiger partial charge in [-0.25, -0.2) is 9.78 Å². The minimum absolute atomic E-state index is 0.231. The van der Waals surface area contributed by atoms with E-state index in [9.17, 15) is 4.79 Å². The summed E-state index contributed by atoms with van der Waals surface area (Å²) in [6.07, 6.45) is 1.73. The van der Waals surface area contributed by atoms with Crippen LogP contribution >= 0.6 is 11.6 Å². The van der Waals surface area contributed by atoms with Crippen LogP contribution in [0.1, 0.15) is 45.2 Å². The fourth-order valence-electron chi connectivity index (χ4n) is 2.36. The number of hydrogen-bond donors (Lipinski definition) is 0. The van der Waals surface area contributed by atoms with Crippen molar-refractivity contribution in [3.05, 3.63) is 29.0 Å². The van der Waals surface area contributed by atoms with E-state index >= 15 is 0 Å². The highest BCUT2D eigenvalue weighted by Crippen LogP contribution is 2.27. The third-order valence-corrected chi connectivity index (χ3v) is 3.44. The minimum atomic E-state index is -0.460. The molecule has 1 fully saturated rings. The van der Waals surface area contributed by atoms with Crippen molar-refractivity contribution < 1.29 is 9.53 Å². The van der Waals surface area contributed by atoms with Crippen molar-refractivity contribution in [2.75, 3.05) is 13.1 Å². The van der Waals surface area contributed by atoms with Crippen molar-refractivity contribution in [1.29, 1.82) is 0 Å². The molecule has 1 aliphatic heterocycles. The molecule has 0 N–H and O–H groups in total. The Kier molecular flexibility index (Phi) is 4.53. The Hall–Kier alpha value is -1.29. The number of hydrogen-bond acceptors (Lipinski definition) is 3. The van der Waals surface area contributed by atoms with Gasteiger partial charge in [-0.1, -0.05) is 17.7 Å². The standard InChI is InChI=1S/C15H21ClN2O2/c1-15(2,3)20-14(19)18-9-5-6-11(10-18)12-7-4-8-13(16)17-12/h4,7-8,11H,5-6,9-10H2,1-3H3. The van der Waals surface area contributed by atoms with Crippen molar-refractivity contribution in [3.8, 4) is 0 Å². The second-order valence-corrected chi connectivity index (χ2v) is 6.54. The lowest BCUT2D eigenvalue weighted by Crippen LogP contribution is -2.42. The summed E-state index contributed by atoms with van der Waals surface area (Å²) in [7, 11) is 0. The number of halogens is 1. The van der Waals surface area contributed by atoms with Crippen molar-refractivity contribution in [2.45, 2.75) is 45.1 Å². The van der Waals surface area contributed by atoms with Crippen LogP contribution in [0.3, 0.4) is 0 Å². The van der Waals surface area contributed by atoms with Crippen LogP contribution < -0.4 is 0 Å². The Morgan fingerprint density at radius 3 is 2.85 bits per heavy atom. The maximum atomic E-state index is 12.1. The lowest BCUT2D eigenvalue weighted by atomic mass is 9.94. The average Bonchev–Trinajstić information content (AvgIpc) is 2.37. The Balaban J connectivity index is 2.03. The lowest BCUT2D eigenvalue weighted by molar-refractivity contribution is 0.0197. The van der Waals surface area contributed by atoms with Crippen molar-refractivity contribution >= 4 is 17.7 Å². The molecular formula is C15H21ClN2O2. The van der Waals surface area contributed by atoms with Gasteiger partial charge in [-0.15, -0.1) is 0 Å². The van der Waals surface area contributed by atoms with E-state index in [2.05, 4.69) is 4.98 Å². The Morgan fingerprint density at radius 2 is 2.20 bits per heavy atom. The number of pyridine rings is 1. The molecule has 2 heterocycles. The maximum Gasteiger partial charge on any atom is 0.410 e. The van der Waals surface area contributed by atoms with Gasteiger partial charge in [-0.2, -0.15) is 0 Å². The van der Waals surface area contributed by atoms with Crippen LogP contribution in [0.15, 0.2) is 18.2 Å². The van der Waals surface area contributed by atoms with Crippen LogP contribution in [-0.2, 0) is 4.74 Å². The Labute approximate surface area is 125 Å². The zero-order valence-electron chi connectivity index (χ0n) is 12.2. The predicted molar refractivity (Wildman–Crippen MR) is 79.0 cm³/mol. The van der Waals surface area contributed by atoms with Crippen LogP contribution in [0, 0.1) is 0 Å². The van der Waals surface area contributed by atoms with Gasteiger partial charge in [0.25, 0.3) is 0 Å². The molecule has 2 rings (SSSR count). The summed E-state index contributed by atoms with van der Waals surface area (Å²) in [4.78, 5) is 18.2. The number of piperidine rings is 1. The summed E-state index contributed by atoms with van der Waals surface area (Å²) < 4.78 is 5.43. The molecule has 1 saturated heterocycles. The SMILES string of the molecule is CC(C)(C)OC(=O)N1CCCC(c2cccc(Cl)n2)C1. The summed E-state index contributed by atoms with van der Waals surface area (Å²) >= 11 is 5.93. The normalized spacial score (nSPS) is 19.8. The number of likely N-dealkylation sites (tertiary alicyclic amines) is 1. The molecule has 1 atom stereocenters. The molecule has 1 unspecified atom stereocenters. The molecule has 0 spiro atoms. The molecule has 110 valence electrons. The van der Waals surface area contributed by atoms with Gasteiger partial charge < -0.3 is 9.64 Å². The number of amides is 1. The number of aromatic nitrogens is 1. The van der Waals surface area contributed by atoms with Gasteiger partial charge in [-0.3, -0.25) is 0 Å². The van der Waals surface area contributed by atoms with E-state index in [1.54, 1.807) is 11.0 Å². The summed E-state index contributed by atoms with van der Waals surface area (Å²) in [5.74, 6) is 0.231. The minimum Gasteiger partial charge on any atom is -0.444 e. The van der Waals surface area contributed by atoms with Crippen molar-refractivity contribution in [2.24, 2.45) is 0 Å². The molecular weight excluding hydrogens is 276 g/mol. The second-order valence-electron chi connectivity index (χ2n) is 6.15. The predicted octanol–water partition coefficient (Wildman–Crippen LogP) is 3.85. The first-order chi connectivity index (χ1) is 9.35. The maximum absolute atomic E-state index is 12.1. The van der Waals surface area contributed by atoms with Gasteiger partial charge in [0.05, 0.1) is 0 Å². The molecule has 0 bridgehead atoms. The van der Waals surface area contributed by atoms with Crippen LogP contribution in [0.2, 0.25) is 5.15 Å². The molecule has 4 nitrogen and oxygen atoms in total. The molecule has 1 amide bonds. The molecule has 1 aliphatic rings. The summed E-state index contributed by atoms with van der Waals surface area (Å²) in [5, 5.41) is 0.497. The second kappa shape index (κ2) is 6.00.